The Labute approximate surface area is 109 Å². The van der Waals surface area contributed by atoms with E-state index in [4.69, 9.17) is 4.74 Å². The third-order valence-electron chi connectivity index (χ3n) is 3.85. The first kappa shape index (κ1) is 13.3. The zero-order chi connectivity index (χ0) is 13.1. The molecule has 2 rings (SSSR count). The Balaban J connectivity index is 2.10. The number of methoxy groups -OCH3 is 1. The highest BCUT2D eigenvalue weighted by molar-refractivity contribution is 5.37. The molecule has 0 heterocycles. The summed E-state index contributed by atoms with van der Waals surface area (Å²) in [6.45, 7) is 4.28. The molecule has 2 nitrogen and oxygen atoms in total. The molecule has 0 amide bonds. The molecule has 1 N–H and O–H groups in total. The number of hydrogen-bond donors (Lipinski definition) is 1. The van der Waals surface area contributed by atoms with Crippen LogP contribution in [-0.4, -0.2) is 13.2 Å². The van der Waals surface area contributed by atoms with Crippen LogP contribution in [0.3, 0.4) is 0 Å². The summed E-state index contributed by atoms with van der Waals surface area (Å²) >= 11 is 0. The molecule has 0 aromatic heterocycles. The van der Waals surface area contributed by atoms with Crippen LogP contribution in [-0.2, 0) is 0 Å². The first-order chi connectivity index (χ1) is 8.61. The zero-order valence-electron chi connectivity index (χ0n) is 11.4. The van der Waals surface area contributed by atoms with Crippen molar-refractivity contribution in [3.8, 4) is 5.75 Å². The summed E-state index contributed by atoms with van der Waals surface area (Å²) in [5, 5.41) is 3.52. The Morgan fingerprint density at radius 1 is 1.39 bits per heavy atom. The lowest BCUT2D eigenvalue weighted by Gasteiger charge is -2.22. The fraction of sp³-hybridized carbons (Fsp3) is 0.600. The maximum atomic E-state index is 13.9. The molecule has 1 saturated carbocycles. The SMILES string of the molecule is COc1cccc(F)c1C(C)NC1CCC(C)C1. The molecule has 3 heteroatoms. The molecule has 3 unspecified atom stereocenters. The van der Waals surface area contributed by atoms with Crippen LogP contribution >= 0.6 is 0 Å². The second-order valence-corrected chi connectivity index (χ2v) is 5.36. The number of benzene rings is 1. The summed E-state index contributed by atoms with van der Waals surface area (Å²) in [6.07, 6.45) is 3.63. The lowest BCUT2D eigenvalue weighted by Crippen LogP contribution is -2.30. The van der Waals surface area contributed by atoms with Crippen molar-refractivity contribution >= 4 is 0 Å². The predicted molar refractivity (Wildman–Crippen MR) is 71.3 cm³/mol. The molecule has 0 bridgehead atoms. The lowest BCUT2D eigenvalue weighted by molar-refractivity contribution is 0.381. The molecule has 0 spiro atoms. The van der Waals surface area contributed by atoms with Crippen molar-refractivity contribution < 1.29 is 9.13 Å². The molecule has 0 saturated heterocycles. The second-order valence-electron chi connectivity index (χ2n) is 5.36. The normalized spacial score (nSPS) is 25.1. The fourth-order valence-corrected chi connectivity index (χ4v) is 2.91. The molecule has 18 heavy (non-hydrogen) atoms. The van der Waals surface area contributed by atoms with Gasteiger partial charge in [-0.1, -0.05) is 13.0 Å². The monoisotopic (exact) mass is 251 g/mol. The van der Waals surface area contributed by atoms with Gasteiger partial charge in [0, 0.05) is 17.6 Å². The molecule has 100 valence electrons. The molecule has 1 aromatic rings. The van der Waals surface area contributed by atoms with Gasteiger partial charge in [-0.05, 0) is 44.2 Å². The lowest BCUT2D eigenvalue weighted by atomic mass is 10.0. The van der Waals surface area contributed by atoms with Crippen molar-refractivity contribution in [2.75, 3.05) is 7.11 Å². The van der Waals surface area contributed by atoms with Gasteiger partial charge in [0.05, 0.1) is 7.11 Å². The first-order valence-corrected chi connectivity index (χ1v) is 6.70. The minimum atomic E-state index is -0.194. The second kappa shape index (κ2) is 5.70. The highest BCUT2D eigenvalue weighted by Crippen LogP contribution is 2.31. The van der Waals surface area contributed by atoms with Gasteiger partial charge in [0.1, 0.15) is 11.6 Å². The predicted octanol–water partition coefficient (Wildman–Crippen LogP) is 3.67. The largest absolute Gasteiger partial charge is 0.496 e. The van der Waals surface area contributed by atoms with Crippen LogP contribution in [0.2, 0.25) is 0 Å². The average molecular weight is 251 g/mol. The maximum Gasteiger partial charge on any atom is 0.131 e. The highest BCUT2D eigenvalue weighted by atomic mass is 19.1. The molecule has 1 aliphatic rings. The van der Waals surface area contributed by atoms with Crippen molar-refractivity contribution in [3.05, 3.63) is 29.6 Å². The van der Waals surface area contributed by atoms with Gasteiger partial charge in [0.15, 0.2) is 0 Å². The van der Waals surface area contributed by atoms with Crippen LogP contribution in [0.1, 0.15) is 44.7 Å². The quantitative estimate of drug-likeness (QED) is 0.881. The van der Waals surface area contributed by atoms with Crippen LogP contribution in [0.15, 0.2) is 18.2 Å². The van der Waals surface area contributed by atoms with Gasteiger partial charge in [-0.3, -0.25) is 0 Å². The standard InChI is InChI=1S/C15H22FNO/c1-10-7-8-12(9-10)17-11(2)15-13(16)5-4-6-14(15)18-3/h4-6,10-12,17H,7-9H2,1-3H3. The van der Waals surface area contributed by atoms with Gasteiger partial charge in [0.2, 0.25) is 0 Å². The highest BCUT2D eigenvalue weighted by Gasteiger charge is 2.25. The number of ether oxygens (including phenoxy) is 1. The van der Waals surface area contributed by atoms with E-state index in [0.29, 0.717) is 17.4 Å². The number of nitrogens with one attached hydrogen (secondary N) is 1. The smallest absolute Gasteiger partial charge is 0.131 e. The van der Waals surface area contributed by atoms with Gasteiger partial charge < -0.3 is 10.1 Å². The Morgan fingerprint density at radius 3 is 2.78 bits per heavy atom. The number of rotatable bonds is 4. The fourth-order valence-electron chi connectivity index (χ4n) is 2.91. The molecule has 0 aliphatic heterocycles. The Morgan fingerprint density at radius 2 is 2.17 bits per heavy atom. The summed E-state index contributed by atoms with van der Waals surface area (Å²) in [5.41, 5.74) is 0.638. The molecule has 0 radical (unpaired) electrons. The molecule has 1 aliphatic carbocycles. The van der Waals surface area contributed by atoms with Gasteiger partial charge in [-0.2, -0.15) is 0 Å². The molecular formula is C15H22FNO. The van der Waals surface area contributed by atoms with Crippen LogP contribution < -0.4 is 10.1 Å². The van der Waals surface area contributed by atoms with E-state index >= 15 is 0 Å². The van der Waals surface area contributed by atoms with E-state index in [1.807, 2.05) is 13.0 Å². The summed E-state index contributed by atoms with van der Waals surface area (Å²) in [6, 6.07) is 5.47. The van der Waals surface area contributed by atoms with Crippen LogP contribution in [0, 0.1) is 11.7 Å². The minimum absolute atomic E-state index is 0.0172. The van der Waals surface area contributed by atoms with Gasteiger partial charge in [0.25, 0.3) is 0 Å². The summed E-state index contributed by atoms with van der Waals surface area (Å²) < 4.78 is 19.2. The summed E-state index contributed by atoms with van der Waals surface area (Å²) in [4.78, 5) is 0. The third-order valence-corrected chi connectivity index (χ3v) is 3.85. The molecule has 1 fully saturated rings. The minimum Gasteiger partial charge on any atom is -0.496 e. The molecular weight excluding hydrogens is 229 g/mol. The third kappa shape index (κ3) is 2.83. The number of hydrogen-bond acceptors (Lipinski definition) is 2. The van der Waals surface area contributed by atoms with Gasteiger partial charge >= 0.3 is 0 Å². The first-order valence-electron chi connectivity index (χ1n) is 6.70. The van der Waals surface area contributed by atoms with Crippen LogP contribution in [0.5, 0.6) is 5.75 Å². The average Bonchev–Trinajstić information content (AvgIpc) is 2.74. The van der Waals surface area contributed by atoms with E-state index in [1.165, 1.54) is 25.3 Å². The molecule has 3 atom stereocenters. The van der Waals surface area contributed by atoms with E-state index in [-0.39, 0.29) is 11.9 Å². The van der Waals surface area contributed by atoms with E-state index < -0.39 is 0 Å². The molecule has 1 aromatic carbocycles. The summed E-state index contributed by atoms with van der Waals surface area (Å²) in [7, 11) is 1.59. The van der Waals surface area contributed by atoms with Crippen molar-refractivity contribution in [2.45, 2.75) is 45.2 Å². The van der Waals surface area contributed by atoms with Crippen molar-refractivity contribution in [2.24, 2.45) is 5.92 Å². The number of halogens is 1. The van der Waals surface area contributed by atoms with Crippen LogP contribution in [0.25, 0.3) is 0 Å². The summed E-state index contributed by atoms with van der Waals surface area (Å²) in [5.74, 6) is 1.21. The Kier molecular flexibility index (Phi) is 4.23. The van der Waals surface area contributed by atoms with Crippen molar-refractivity contribution in [1.29, 1.82) is 0 Å². The Bertz CT molecular complexity index is 407. The topological polar surface area (TPSA) is 21.3 Å². The van der Waals surface area contributed by atoms with E-state index in [0.717, 1.165) is 5.92 Å². The van der Waals surface area contributed by atoms with E-state index in [2.05, 4.69) is 12.2 Å². The van der Waals surface area contributed by atoms with E-state index in [1.54, 1.807) is 13.2 Å². The maximum absolute atomic E-state index is 13.9. The van der Waals surface area contributed by atoms with Gasteiger partial charge in [-0.15, -0.1) is 0 Å². The zero-order valence-corrected chi connectivity index (χ0v) is 11.4. The van der Waals surface area contributed by atoms with E-state index in [9.17, 15) is 4.39 Å². The van der Waals surface area contributed by atoms with Crippen molar-refractivity contribution in [3.63, 3.8) is 0 Å². The van der Waals surface area contributed by atoms with Gasteiger partial charge in [-0.25, -0.2) is 4.39 Å². The Hall–Kier alpha value is -1.09. The van der Waals surface area contributed by atoms with Crippen LogP contribution in [0.4, 0.5) is 4.39 Å². The van der Waals surface area contributed by atoms with Crippen molar-refractivity contribution in [1.82, 2.24) is 5.32 Å².